The molecule has 1 aliphatic heterocycles. The topological polar surface area (TPSA) is 128 Å². The number of hydrogen-bond donors (Lipinski definition) is 2. The number of aromatic nitrogens is 2. The van der Waals surface area contributed by atoms with Crippen LogP contribution in [0.15, 0.2) is 48.5 Å². The van der Waals surface area contributed by atoms with Crippen LogP contribution in [0.1, 0.15) is 53.9 Å². The number of anilines is 2. The summed E-state index contributed by atoms with van der Waals surface area (Å²) in [4.78, 5) is 34.3. The highest BCUT2D eigenvalue weighted by molar-refractivity contribution is 6.10. The lowest BCUT2D eigenvalue weighted by atomic mass is 9.77. The number of nitrogens with two attached hydrogens (primary N) is 1. The summed E-state index contributed by atoms with van der Waals surface area (Å²) < 4.78 is 24.5. The van der Waals surface area contributed by atoms with E-state index < -0.39 is 11.8 Å². The van der Waals surface area contributed by atoms with Crippen molar-refractivity contribution < 1.29 is 28.6 Å². The Bertz CT molecular complexity index is 1290. The number of amides is 1. The largest absolute Gasteiger partial charge is 0.481 e. The van der Waals surface area contributed by atoms with Crippen molar-refractivity contribution in [3.05, 3.63) is 65.5 Å². The number of nitrogens with zero attached hydrogens (tertiary/aromatic N) is 3. The maximum atomic E-state index is 13.4. The Morgan fingerprint density at radius 3 is 2.46 bits per heavy atom. The average molecular weight is 507 g/mol. The quantitative estimate of drug-likeness (QED) is 0.489. The molecular weight excluding hydrogens is 479 g/mol. The molecule has 0 radical (unpaired) electrons. The molecule has 1 fully saturated rings. The molecule has 0 spiro atoms. The highest BCUT2D eigenvalue weighted by atomic mass is 19.1. The molecule has 1 amide bonds. The summed E-state index contributed by atoms with van der Waals surface area (Å²) in [6.07, 6.45) is 3.96. The van der Waals surface area contributed by atoms with Crippen LogP contribution >= 0.6 is 0 Å². The lowest BCUT2D eigenvalue weighted by Crippen LogP contribution is -2.32. The highest BCUT2D eigenvalue weighted by Gasteiger charge is 2.30. The number of carboxylic acid groups (broad SMARTS) is 1. The average Bonchev–Trinajstić information content (AvgIpc) is 3.04. The fraction of sp³-hybridized carbons (Fsp3) is 0.333. The van der Waals surface area contributed by atoms with Crippen LogP contribution < -0.4 is 20.1 Å². The van der Waals surface area contributed by atoms with Crippen molar-refractivity contribution in [2.75, 3.05) is 23.8 Å². The zero-order valence-electron chi connectivity index (χ0n) is 20.1. The first-order chi connectivity index (χ1) is 17.9. The summed E-state index contributed by atoms with van der Waals surface area (Å²) in [5.74, 6) is -0.606. The molecule has 1 aromatic heterocycles. The number of carbonyl (C=O) groups is 2. The van der Waals surface area contributed by atoms with Gasteiger partial charge >= 0.3 is 12.0 Å². The number of aliphatic carboxylic acids is 1. The number of rotatable bonds is 6. The Balaban J connectivity index is 1.30. The van der Waals surface area contributed by atoms with Crippen LogP contribution in [-0.4, -0.2) is 40.1 Å². The van der Waals surface area contributed by atoms with E-state index in [0.29, 0.717) is 23.9 Å². The van der Waals surface area contributed by atoms with Gasteiger partial charge in [-0.1, -0.05) is 12.1 Å². The molecule has 10 heteroatoms. The number of benzene rings is 2. The maximum Gasteiger partial charge on any atom is 0.327 e. The molecule has 0 unspecified atom stereocenters. The van der Waals surface area contributed by atoms with Crippen LogP contribution in [0, 0.1) is 11.7 Å². The highest BCUT2D eigenvalue weighted by Crippen LogP contribution is 2.38. The predicted octanol–water partition coefficient (Wildman–Crippen LogP) is 4.78. The molecule has 9 nitrogen and oxygen atoms in total. The van der Waals surface area contributed by atoms with Gasteiger partial charge in [-0.15, -0.1) is 0 Å². The number of ether oxygens (including phenoxy) is 2. The van der Waals surface area contributed by atoms with Crippen LogP contribution in [-0.2, 0) is 4.79 Å². The lowest BCUT2D eigenvalue weighted by Gasteiger charge is -2.28. The smallest absolute Gasteiger partial charge is 0.327 e. The van der Waals surface area contributed by atoms with E-state index >= 15 is 0 Å². The van der Waals surface area contributed by atoms with E-state index in [2.05, 4.69) is 9.97 Å². The summed E-state index contributed by atoms with van der Waals surface area (Å²) in [7, 11) is 0. The number of nitrogen functional groups attached to an aromatic ring is 1. The predicted molar refractivity (Wildman–Crippen MR) is 133 cm³/mol. The number of fused-ring (bicyclic) bond motifs is 1. The van der Waals surface area contributed by atoms with Gasteiger partial charge in [-0.3, -0.25) is 9.59 Å². The van der Waals surface area contributed by atoms with E-state index in [1.54, 1.807) is 4.90 Å². The van der Waals surface area contributed by atoms with Crippen LogP contribution in [0.25, 0.3) is 0 Å². The molecule has 3 aromatic rings. The van der Waals surface area contributed by atoms with Crippen LogP contribution in [0.4, 0.5) is 15.9 Å². The second-order valence-electron chi connectivity index (χ2n) is 9.34. The second-order valence-corrected chi connectivity index (χ2v) is 9.34. The molecule has 1 aliphatic carbocycles. The molecule has 0 bridgehead atoms. The maximum absolute atomic E-state index is 13.4. The molecule has 37 heavy (non-hydrogen) atoms. The zero-order valence-corrected chi connectivity index (χ0v) is 20.1. The van der Waals surface area contributed by atoms with E-state index in [0.717, 1.165) is 25.7 Å². The van der Waals surface area contributed by atoms with Gasteiger partial charge < -0.3 is 25.2 Å². The third-order valence-electron chi connectivity index (χ3n) is 6.90. The Morgan fingerprint density at radius 1 is 1.08 bits per heavy atom. The molecular formula is C27H27FN4O5. The van der Waals surface area contributed by atoms with Crippen LogP contribution in [0.5, 0.6) is 17.6 Å². The van der Waals surface area contributed by atoms with Gasteiger partial charge in [-0.25, -0.2) is 4.39 Å². The standard InChI is InChI=1S/C27H27FN4O5/c28-19-7-11-21(12-8-19)37-27-30-24(29)23-25(31-27)36-14-13-32(26(23)35)20-9-5-18(6-10-20)17-3-1-16(2-4-17)15-22(33)34/h5-12,16-17H,1-4,13-15H2,(H,33,34)(H2,29,30,31). The van der Waals surface area contributed by atoms with Gasteiger partial charge in [0.05, 0.1) is 6.54 Å². The minimum Gasteiger partial charge on any atom is -0.481 e. The first-order valence-corrected chi connectivity index (χ1v) is 12.2. The summed E-state index contributed by atoms with van der Waals surface area (Å²) >= 11 is 0. The van der Waals surface area contributed by atoms with Gasteiger partial charge in [0.15, 0.2) is 0 Å². The van der Waals surface area contributed by atoms with E-state index in [1.165, 1.54) is 29.8 Å². The molecule has 2 heterocycles. The number of hydrogen-bond acceptors (Lipinski definition) is 7. The van der Waals surface area contributed by atoms with Gasteiger partial charge in [-0.05, 0) is 79.5 Å². The molecule has 3 N–H and O–H groups in total. The molecule has 0 saturated heterocycles. The minimum atomic E-state index is -0.733. The number of carboxylic acids is 1. The fourth-order valence-corrected chi connectivity index (χ4v) is 4.99. The zero-order chi connectivity index (χ0) is 25.9. The van der Waals surface area contributed by atoms with Crippen molar-refractivity contribution in [3.8, 4) is 17.6 Å². The number of halogens is 1. The Morgan fingerprint density at radius 2 is 1.78 bits per heavy atom. The van der Waals surface area contributed by atoms with Crippen molar-refractivity contribution in [2.45, 2.75) is 38.0 Å². The lowest BCUT2D eigenvalue weighted by molar-refractivity contribution is -0.138. The van der Waals surface area contributed by atoms with E-state index in [9.17, 15) is 14.0 Å². The van der Waals surface area contributed by atoms with Crippen molar-refractivity contribution in [2.24, 2.45) is 5.92 Å². The van der Waals surface area contributed by atoms with Gasteiger partial charge in [0.1, 0.15) is 29.6 Å². The van der Waals surface area contributed by atoms with Gasteiger partial charge in [0.25, 0.3) is 5.91 Å². The fourth-order valence-electron chi connectivity index (χ4n) is 4.99. The first kappa shape index (κ1) is 24.5. The SMILES string of the molecule is Nc1nc(Oc2ccc(F)cc2)nc2c1C(=O)N(c1ccc(C3CCC(CC(=O)O)CC3)cc1)CCO2. The van der Waals surface area contributed by atoms with Crippen LogP contribution in [0.3, 0.4) is 0 Å². The minimum absolute atomic E-state index is 0.0341. The Kier molecular flexibility index (Phi) is 6.89. The van der Waals surface area contributed by atoms with Crippen molar-refractivity contribution >= 4 is 23.4 Å². The van der Waals surface area contributed by atoms with Crippen LogP contribution in [0.2, 0.25) is 0 Å². The molecule has 2 aliphatic rings. The Hall–Kier alpha value is -4.21. The first-order valence-electron chi connectivity index (χ1n) is 12.2. The molecule has 2 aromatic carbocycles. The summed E-state index contributed by atoms with van der Waals surface area (Å²) in [5, 5.41) is 9.03. The molecule has 192 valence electrons. The third-order valence-corrected chi connectivity index (χ3v) is 6.90. The van der Waals surface area contributed by atoms with Crippen molar-refractivity contribution in [1.82, 2.24) is 9.97 Å². The monoisotopic (exact) mass is 506 g/mol. The summed E-state index contributed by atoms with van der Waals surface area (Å²) in [6.45, 7) is 0.489. The molecule has 5 rings (SSSR count). The van der Waals surface area contributed by atoms with Crippen molar-refractivity contribution in [3.63, 3.8) is 0 Å². The van der Waals surface area contributed by atoms with Gasteiger partial charge in [-0.2, -0.15) is 9.97 Å². The van der Waals surface area contributed by atoms with Crippen molar-refractivity contribution in [1.29, 1.82) is 0 Å². The van der Waals surface area contributed by atoms with E-state index in [4.69, 9.17) is 20.3 Å². The second kappa shape index (κ2) is 10.4. The Labute approximate surface area is 213 Å². The summed E-state index contributed by atoms with van der Waals surface area (Å²) in [6, 6.07) is 13.1. The van der Waals surface area contributed by atoms with E-state index in [-0.39, 0.29) is 48.1 Å². The molecule has 0 atom stereocenters. The summed E-state index contributed by atoms with van der Waals surface area (Å²) in [5.41, 5.74) is 8.07. The van der Waals surface area contributed by atoms with E-state index in [1.807, 2.05) is 24.3 Å². The third kappa shape index (κ3) is 5.47. The normalized spacial score (nSPS) is 19.5. The number of carbonyl (C=O) groups excluding carboxylic acids is 1. The van der Waals surface area contributed by atoms with Gasteiger partial charge in [0, 0.05) is 12.1 Å². The van der Waals surface area contributed by atoms with Gasteiger partial charge in [0.2, 0.25) is 5.88 Å². The molecule has 1 saturated carbocycles.